The molecule has 4 nitrogen and oxygen atoms in total. The van der Waals surface area contributed by atoms with Gasteiger partial charge in [0.2, 0.25) is 0 Å². The Bertz CT molecular complexity index is 777. The van der Waals surface area contributed by atoms with Gasteiger partial charge in [-0.3, -0.25) is 4.79 Å². The predicted molar refractivity (Wildman–Crippen MR) is 88.9 cm³/mol. The SMILES string of the molecule is Cc1cnc(N2CCC(NC(=O)C#Cc3ccccc3F)C2)s1. The largest absolute Gasteiger partial charge is 0.346 e. The van der Waals surface area contributed by atoms with Crippen molar-refractivity contribution in [2.24, 2.45) is 0 Å². The number of amides is 1. The van der Waals surface area contributed by atoms with Crippen LogP contribution in [0.15, 0.2) is 30.5 Å². The van der Waals surface area contributed by atoms with Crippen molar-refractivity contribution in [3.63, 3.8) is 0 Å². The molecule has 2 aromatic rings. The Hall–Kier alpha value is -2.39. The summed E-state index contributed by atoms with van der Waals surface area (Å²) >= 11 is 1.65. The van der Waals surface area contributed by atoms with E-state index in [2.05, 4.69) is 27.0 Å². The van der Waals surface area contributed by atoms with E-state index >= 15 is 0 Å². The van der Waals surface area contributed by atoms with Crippen molar-refractivity contribution in [2.45, 2.75) is 19.4 Å². The summed E-state index contributed by atoms with van der Waals surface area (Å²) in [6, 6.07) is 6.20. The number of aromatic nitrogens is 1. The number of nitrogens with one attached hydrogen (secondary N) is 1. The highest BCUT2D eigenvalue weighted by Gasteiger charge is 2.25. The van der Waals surface area contributed by atoms with Gasteiger partial charge in [0.05, 0.1) is 5.56 Å². The third-order valence-corrected chi connectivity index (χ3v) is 4.56. The highest BCUT2D eigenvalue weighted by Crippen LogP contribution is 2.25. The van der Waals surface area contributed by atoms with Gasteiger partial charge in [-0.25, -0.2) is 9.37 Å². The maximum absolute atomic E-state index is 13.4. The fourth-order valence-corrected chi connectivity index (χ4v) is 3.24. The van der Waals surface area contributed by atoms with Gasteiger partial charge in [-0.15, -0.1) is 11.3 Å². The summed E-state index contributed by atoms with van der Waals surface area (Å²) < 4.78 is 13.4. The zero-order chi connectivity index (χ0) is 16.2. The van der Waals surface area contributed by atoms with Gasteiger partial charge in [0, 0.05) is 36.1 Å². The molecule has 23 heavy (non-hydrogen) atoms. The number of carbonyl (C=O) groups excluding carboxylic acids is 1. The summed E-state index contributed by atoms with van der Waals surface area (Å²) in [5.74, 6) is 4.23. The number of hydrogen-bond donors (Lipinski definition) is 1. The van der Waals surface area contributed by atoms with Gasteiger partial charge in [-0.1, -0.05) is 18.1 Å². The summed E-state index contributed by atoms with van der Waals surface area (Å²) in [4.78, 5) is 19.6. The van der Waals surface area contributed by atoms with Crippen molar-refractivity contribution in [1.82, 2.24) is 10.3 Å². The molecule has 1 atom stereocenters. The third-order valence-electron chi connectivity index (χ3n) is 3.59. The highest BCUT2D eigenvalue weighted by atomic mass is 32.1. The van der Waals surface area contributed by atoms with Crippen LogP contribution in [0, 0.1) is 24.6 Å². The van der Waals surface area contributed by atoms with Crippen LogP contribution in [0.4, 0.5) is 9.52 Å². The molecule has 1 unspecified atom stereocenters. The number of hydrogen-bond acceptors (Lipinski definition) is 4. The fraction of sp³-hybridized carbons (Fsp3) is 0.294. The first-order valence-electron chi connectivity index (χ1n) is 7.36. The average Bonchev–Trinajstić information content (AvgIpc) is 3.15. The highest BCUT2D eigenvalue weighted by molar-refractivity contribution is 7.15. The van der Waals surface area contributed by atoms with E-state index in [0.29, 0.717) is 0 Å². The molecule has 1 aromatic heterocycles. The number of carbonyl (C=O) groups is 1. The van der Waals surface area contributed by atoms with Gasteiger partial charge in [0.1, 0.15) is 5.82 Å². The Kier molecular flexibility index (Phi) is 4.58. The molecule has 118 valence electrons. The molecule has 1 fully saturated rings. The zero-order valence-corrected chi connectivity index (χ0v) is 13.5. The normalized spacial score (nSPS) is 16.8. The molecule has 1 saturated heterocycles. The minimum absolute atomic E-state index is 0.0432. The maximum atomic E-state index is 13.4. The average molecular weight is 329 g/mol. The summed E-state index contributed by atoms with van der Waals surface area (Å²) in [5, 5.41) is 3.86. The quantitative estimate of drug-likeness (QED) is 0.860. The molecule has 6 heteroatoms. The fourth-order valence-electron chi connectivity index (χ4n) is 2.45. The molecule has 1 aromatic carbocycles. The number of rotatable bonds is 2. The number of halogens is 1. The Labute approximate surface area is 138 Å². The van der Waals surface area contributed by atoms with Crippen LogP contribution >= 0.6 is 11.3 Å². The molecular formula is C17H16FN3OS. The Balaban J connectivity index is 1.56. The molecule has 0 radical (unpaired) electrons. The van der Waals surface area contributed by atoms with Crippen LogP contribution < -0.4 is 10.2 Å². The third kappa shape index (κ3) is 3.88. The Morgan fingerprint density at radius 1 is 1.48 bits per heavy atom. The standard InChI is InChI=1S/C17H16FN3OS/c1-12-10-19-17(23-12)21-9-8-14(11-21)20-16(22)7-6-13-4-2-3-5-15(13)18/h2-5,10,14H,8-9,11H2,1H3,(H,20,22). The van der Waals surface area contributed by atoms with E-state index in [1.165, 1.54) is 10.9 Å². The van der Waals surface area contributed by atoms with Gasteiger partial charge in [-0.2, -0.15) is 0 Å². The first-order chi connectivity index (χ1) is 11.1. The lowest BCUT2D eigenvalue weighted by molar-refractivity contribution is -0.116. The van der Waals surface area contributed by atoms with Crippen LogP contribution in [-0.4, -0.2) is 30.0 Å². The molecule has 1 aliphatic heterocycles. The molecular weight excluding hydrogens is 313 g/mol. The smallest absolute Gasteiger partial charge is 0.296 e. The lowest BCUT2D eigenvalue weighted by Crippen LogP contribution is -2.36. The van der Waals surface area contributed by atoms with Crippen LogP contribution in [0.2, 0.25) is 0 Å². The Morgan fingerprint density at radius 2 is 2.30 bits per heavy atom. The second kappa shape index (κ2) is 6.80. The monoisotopic (exact) mass is 329 g/mol. The summed E-state index contributed by atoms with van der Waals surface area (Å²) in [6.07, 6.45) is 2.71. The minimum atomic E-state index is -0.418. The summed E-state index contributed by atoms with van der Waals surface area (Å²) in [7, 11) is 0. The van der Waals surface area contributed by atoms with Crippen molar-refractivity contribution in [2.75, 3.05) is 18.0 Å². The predicted octanol–water partition coefficient (Wildman–Crippen LogP) is 2.34. The molecule has 1 N–H and O–H groups in total. The summed E-state index contributed by atoms with van der Waals surface area (Å²) in [5.41, 5.74) is 0.231. The van der Waals surface area contributed by atoms with Crippen molar-refractivity contribution in [3.8, 4) is 11.8 Å². The minimum Gasteiger partial charge on any atom is -0.346 e. The molecule has 0 spiro atoms. The van der Waals surface area contributed by atoms with Crippen molar-refractivity contribution in [3.05, 3.63) is 46.7 Å². The molecule has 0 aliphatic carbocycles. The second-order valence-electron chi connectivity index (χ2n) is 5.39. The van der Waals surface area contributed by atoms with Gasteiger partial charge in [0.25, 0.3) is 5.91 Å². The van der Waals surface area contributed by atoms with E-state index < -0.39 is 5.82 Å². The molecule has 0 saturated carbocycles. The topological polar surface area (TPSA) is 45.2 Å². The van der Waals surface area contributed by atoms with Gasteiger partial charge in [0.15, 0.2) is 5.13 Å². The second-order valence-corrected chi connectivity index (χ2v) is 6.60. The van der Waals surface area contributed by atoms with E-state index in [1.807, 2.05) is 13.1 Å². The maximum Gasteiger partial charge on any atom is 0.296 e. The van der Waals surface area contributed by atoms with E-state index in [1.54, 1.807) is 29.5 Å². The molecule has 0 bridgehead atoms. The lowest BCUT2D eigenvalue weighted by atomic mass is 10.2. The van der Waals surface area contributed by atoms with Crippen LogP contribution in [0.3, 0.4) is 0 Å². The number of anilines is 1. The van der Waals surface area contributed by atoms with E-state index in [4.69, 9.17) is 0 Å². The molecule has 3 rings (SSSR count). The van der Waals surface area contributed by atoms with Gasteiger partial charge in [-0.05, 0) is 25.5 Å². The lowest BCUT2D eigenvalue weighted by Gasteiger charge is -2.14. The van der Waals surface area contributed by atoms with Crippen LogP contribution in [-0.2, 0) is 4.79 Å². The van der Waals surface area contributed by atoms with Gasteiger partial charge < -0.3 is 10.2 Å². The van der Waals surface area contributed by atoms with Crippen LogP contribution in [0.25, 0.3) is 0 Å². The van der Waals surface area contributed by atoms with E-state index in [0.717, 1.165) is 24.6 Å². The van der Waals surface area contributed by atoms with Crippen LogP contribution in [0.5, 0.6) is 0 Å². The van der Waals surface area contributed by atoms with E-state index in [-0.39, 0.29) is 17.5 Å². The molecule has 2 heterocycles. The number of nitrogens with zero attached hydrogens (tertiary/aromatic N) is 2. The number of benzene rings is 1. The van der Waals surface area contributed by atoms with Crippen molar-refractivity contribution < 1.29 is 9.18 Å². The first kappa shape index (κ1) is 15.5. The Morgan fingerprint density at radius 3 is 3.04 bits per heavy atom. The molecule has 1 aliphatic rings. The number of thiazole rings is 1. The first-order valence-corrected chi connectivity index (χ1v) is 8.18. The number of aryl methyl sites for hydroxylation is 1. The summed E-state index contributed by atoms with van der Waals surface area (Å²) in [6.45, 7) is 3.60. The van der Waals surface area contributed by atoms with Crippen molar-refractivity contribution >= 4 is 22.4 Å². The molecule has 1 amide bonds. The van der Waals surface area contributed by atoms with Gasteiger partial charge >= 0.3 is 0 Å². The van der Waals surface area contributed by atoms with E-state index in [9.17, 15) is 9.18 Å². The van der Waals surface area contributed by atoms with Crippen molar-refractivity contribution in [1.29, 1.82) is 0 Å². The van der Waals surface area contributed by atoms with Crippen LogP contribution in [0.1, 0.15) is 16.9 Å². The zero-order valence-electron chi connectivity index (χ0n) is 12.7.